The normalized spacial score (nSPS) is 51.3. The molecule has 3 saturated heterocycles. The van der Waals surface area contributed by atoms with Gasteiger partial charge in [0, 0.05) is 12.5 Å². The molecule has 0 amide bonds. The largest absolute Gasteiger partial charge is 0.396 e. The van der Waals surface area contributed by atoms with Gasteiger partial charge in [0.2, 0.25) is 0 Å². The summed E-state index contributed by atoms with van der Waals surface area (Å²) in [5.41, 5.74) is 0. The maximum absolute atomic E-state index is 11.6. The van der Waals surface area contributed by atoms with Crippen LogP contribution in [-0.2, 0) is 28.4 Å². The zero-order valence-corrected chi connectivity index (χ0v) is 25.9. The molecule has 47 heavy (non-hydrogen) atoms. The molecule has 0 radical (unpaired) electrons. The van der Waals surface area contributed by atoms with Gasteiger partial charge in [0.15, 0.2) is 12.6 Å². The average molecular weight is 691 g/mol. The smallest absolute Gasteiger partial charge is 0.187 e. The summed E-state index contributed by atoms with van der Waals surface area (Å²) in [5.74, 6) is -1.38. The SMILES string of the molecule is CC(C)[C@@H]1O[C@H](CO)[C@@H](O[C@@H]2C[C@H](CO)[C@@H](O)[C@H](O[C@@H]3O[C@H](CO)[C@@H](O)[C@H](O)[C@H]3O)[C@H]2O)[C@H](O)[C@H]1O[C@@H]1O[C@H](CO)[C@@H](O)[C@H](O)[C@H]1O. The molecule has 1 aliphatic carbocycles. The fraction of sp³-hybridized carbons (Fsp3) is 1.00. The Morgan fingerprint density at radius 2 is 0.979 bits per heavy atom. The van der Waals surface area contributed by atoms with Crippen molar-refractivity contribution in [3.63, 3.8) is 0 Å². The van der Waals surface area contributed by atoms with Crippen molar-refractivity contribution >= 4 is 0 Å². The third kappa shape index (κ3) is 7.94. The van der Waals surface area contributed by atoms with Crippen LogP contribution in [0.2, 0.25) is 0 Å². The summed E-state index contributed by atoms with van der Waals surface area (Å²) in [7, 11) is 0. The van der Waals surface area contributed by atoms with Gasteiger partial charge in [0.25, 0.3) is 0 Å². The van der Waals surface area contributed by atoms with Crippen molar-refractivity contribution in [1.82, 2.24) is 0 Å². The van der Waals surface area contributed by atoms with Gasteiger partial charge in [-0.1, -0.05) is 13.8 Å². The Balaban J connectivity index is 1.56. The first kappa shape index (κ1) is 39.0. The molecule has 0 aromatic rings. The number of aliphatic hydroxyl groups excluding tert-OH is 13. The number of rotatable bonds is 11. The van der Waals surface area contributed by atoms with Crippen LogP contribution in [0.5, 0.6) is 0 Å². The minimum Gasteiger partial charge on any atom is -0.396 e. The van der Waals surface area contributed by atoms with Gasteiger partial charge >= 0.3 is 0 Å². The van der Waals surface area contributed by atoms with E-state index in [4.69, 9.17) is 28.4 Å². The summed E-state index contributed by atoms with van der Waals surface area (Å²) in [6, 6.07) is 0. The maximum Gasteiger partial charge on any atom is 0.187 e. The highest BCUT2D eigenvalue weighted by Crippen LogP contribution is 2.37. The van der Waals surface area contributed by atoms with E-state index in [-0.39, 0.29) is 12.3 Å². The summed E-state index contributed by atoms with van der Waals surface area (Å²) < 4.78 is 34.5. The Morgan fingerprint density at radius 3 is 1.43 bits per heavy atom. The molecule has 0 aromatic carbocycles. The second-order valence-electron chi connectivity index (χ2n) is 13.0. The number of ether oxygens (including phenoxy) is 6. The Hall–Kier alpha value is -0.760. The van der Waals surface area contributed by atoms with Crippen LogP contribution in [0.25, 0.3) is 0 Å². The minimum absolute atomic E-state index is 0.208. The number of hydrogen-bond donors (Lipinski definition) is 13. The predicted molar refractivity (Wildman–Crippen MR) is 150 cm³/mol. The van der Waals surface area contributed by atoms with E-state index >= 15 is 0 Å². The van der Waals surface area contributed by atoms with Crippen LogP contribution in [-0.4, -0.2) is 209 Å². The van der Waals surface area contributed by atoms with E-state index in [0.29, 0.717) is 0 Å². The van der Waals surface area contributed by atoms with Crippen molar-refractivity contribution in [1.29, 1.82) is 0 Å². The lowest BCUT2D eigenvalue weighted by Crippen LogP contribution is -2.67. The van der Waals surface area contributed by atoms with Crippen LogP contribution in [0, 0.1) is 11.8 Å². The molecule has 1 saturated carbocycles. The van der Waals surface area contributed by atoms with Crippen LogP contribution in [0.15, 0.2) is 0 Å². The van der Waals surface area contributed by atoms with Crippen LogP contribution < -0.4 is 0 Å². The molecule has 0 spiro atoms. The van der Waals surface area contributed by atoms with E-state index in [0.717, 1.165) is 0 Å². The lowest BCUT2D eigenvalue weighted by Gasteiger charge is -2.50. The van der Waals surface area contributed by atoms with Crippen molar-refractivity contribution in [3.05, 3.63) is 0 Å². The van der Waals surface area contributed by atoms with Gasteiger partial charge in [0.05, 0.1) is 38.1 Å². The molecule has 20 atom stereocenters. The van der Waals surface area contributed by atoms with E-state index in [1.165, 1.54) is 0 Å². The van der Waals surface area contributed by atoms with Gasteiger partial charge < -0.3 is 94.8 Å². The topological polar surface area (TPSA) is 318 Å². The Kier molecular flexibility index (Phi) is 13.7. The van der Waals surface area contributed by atoms with Crippen LogP contribution in [0.1, 0.15) is 20.3 Å². The first-order chi connectivity index (χ1) is 22.2. The van der Waals surface area contributed by atoms with Gasteiger partial charge in [-0.15, -0.1) is 0 Å². The van der Waals surface area contributed by atoms with Crippen LogP contribution in [0.3, 0.4) is 0 Å². The van der Waals surface area contributed by atoms with E-state index in [2.05, 4.69) is 0 Å². The van der Waals surface area contributed by atoms with E-state index in [1.807, 2.05) is 0 Å². The maximum atomic E-state index is 11.6. The zero-order chi connectivity index (χ0) is 34.9. The fourth-order valence-corrected chi connectivity index (χ4v) is 6.58. The van der Waals surface area contributed by atoms with E-state index < -0.39 is 149 Å². The van der Waals surface area contributed by atoms with E-state index in [9.17, 15) is 66.4 Å². The predicted octanol–water partition coefficient (Wildman–Crippen LogP) is -7.38. The first-order valence-corrected chi connectivity index (χ1v) is 15.7. The molecule has 4 aliphatic rings. The Morgan fingerprint density at radius 1 is 0.489 bits per heavy atom. The van der Waals surface area contributed by atoms with Crippen molar-refractivity contribution < 1.29 is 94.8 Å². The molecular formula is C28H50O19. The third-order valence-electron chi connectivity index (χ3n) is 9.45. The quantitative estimate of drug-likeness (QED) is 0.0957. The molecule has 0 unspecified atom stereocenters. The van der Waals surface area contributed by atoms with Gasteiger partial charge in [0.1, 0.15) is 85.5 Å². The second-order valence-corrected chi connectivity index (χ2v) is 13.0. The summed E-state index contributed by atoms with van der Waals surface area (Å²) in [6.45, 7) is 0.623. The molecule has 0 bridgehead atoms. The highest BCUT2D eigenvalue weighted by Gasteiger charge is 2.55. The summed E-state index contributed by atoms with van der Waals surface area (Å²) in [6.07, 6.45) is -29.9. The number of hydrogen-bond acceptors (Lipinski definition) is 19. The molecule has 19 heteroatoms. The molecule has 3 aliphatic heterocycles. The molecule has 276 valence electrons. The molecule has 13 N–H and O–H groups in total. The molecule has 4 rings (SSSR count). The average Bonchev–Trinajstić information content (AvgIpc) is 3.05. The van der Waals surface area contributed by atoms with Crippen molar-refractivity contribution in [3.8, 4) is 0 Å². The fourth-order valence-electron chi connectivity index (χ4n) is 6.58. The number of aliphatic hydroxyl groups is 13. The van der Waals surface area contributed by atoms with Crippen molar-refractivity contribution in [2.45, 2.75) is 137 Å². The van der Waals surface area contributed by atoms with Crippen LogP contribution in [0.4, 0.5) is 0 Å². The molecular weight excluding hydrogens is 640 g/mol. The minimum atomic E-state index is -1.87. The highest BCUT2D eigenvalue weighted by molar-refractivity contribution is 5.01. The lowest BCUT2D eigenvalue weighted by molar-refractivity contribution is -0.354. The Labute approximate surface area is 270 Å². The van der Waals surface area contributed by atoms with Gasteiger partial charge in [-0.25, -0.2) is 0 Å². The van der Waals surface area contributed by atoms with Crippen molar-refractivity contribution in [2.75, 3.05) is 26.4 Å². The second kappa shape index (κ2) is 16.5. The molecule has 4 fully saturated rings. The van der Waals surface area contributed by atoms with Gasteiger partial charge in [-0.3, -0.25) is 0 Å². The summed E-state index contributed by atoms with van der Waals surface area (Å²) in [5, 5.41) is 135. The monoisotopic (exact) mass is 690 g/mol. The van der Waals surface area contributed by atoms with Gasteiger partial charge in [-0.05, 0) is 12.3 Å². The third-order valence-corrected chi connectivity index (χ3v) is 9.45. The van der Waals surface area contributed by atoms with Gasteiger partial charge in [-0.2, -0.15) is 0 Å². The lowest BCUT2D eigenvalue weighted by atomic mass is 9.80. The summed E-state index contributed by atoms with van der Waals surface area (Å²) >= 11 is 0. The Bertz CT molecular complexity index is 959. The van der Waals surface area contributed by atoms with Crippen molar-refractivity contribution in [2.24, 2.45) is 11.8 Å². The standard InChI is InChI=1S/C28H50O19/c1-8(2)23-26(47-28-21(40)19(38)16(35)12(6-31)45-28)22(41)24(13(7-32)43-23)42-10-3-9(4-29)14(33)25(17(10)36)46-27-20(39)18(37)15(34)11(5-30)44-27/h8-41H,3-7H2,1-2H3/t9-,10-,11-,12-,13-,14-,15-,16-,17+,18+,19+,20-,21-,22+,23+,24-,25+,26-,27+,28+/m1/s1. The first-order valence-electron chi connectivity index (χ1n) is 15.7. The summed E-state index contributed by atoms with van der Waals surface area (Å²) in [4.78, 5) is 0. The molecule has 0 aromatic heterocycles. The zero-order valence-electron chi connectivity index (χ0n) is 25.9. The van der Waals surface area contributed by atoms with E-state index in [1.54, 1.807) is 13.8 Å². The van der Waals surface area contributed by atoms with Crippen LogP contribution >= 0.6 is 0 Å². The highest BCUT2D eigenvalue weighted by atomic mass is 16.7. The molecule has 19 nitrogen and oxygen atoms in total. The molecule has 3 heterocycles.